The first-order valence-corrected chi connectivity index (χ1v) is 8.63. The Morgan fingerprint density at radius 2 is 1.83 bits per heavy atom. The number of carbonyl (C=O) groups is 2. The van der Waals surface area contributed by atoms with Crippen LogP contribution < -0.4 is 0 Å². The molecule has 0 aliphatic carbocycles. The van der Waals surface area contributed by atoms with Gasteiger partial charge in [0.1, 0.15) is 0 Å². The molecule has 0 radical (unpaired) electrons. The van der Waals surface area contributed by atoms with Crippen LogP contribution in [-0.4, -0.2) is 47.8 Å². The number of rotatable bonds is 3. The number of piperazine rings is 1. The normalized spacial score (nSPS) is 15.0. The van der Waals surface area contributed by atoms with E-state index in [1.807, 2.05) is 17.9 Å². The molecule has 0 bridgehead atoms. The van der Waals surface area contributed by atoms with E-state index >= 15 is 0 Å². The molecule has 0 spiro atoms. The molecule has 0 saturated carbocycles. The summed E-state index contributed by atoms with van der Waals surface area (Å²) in [6, 6.07) is 5.35. The van der Waals surface area contributed by atoms with Gasteiger partial charge in [-0.2, -0.15) is 0 Å². The van der Waals surface area contributed by atoms with Crippen molar-refractivity contribution < 1.29 is 14.0 Å². The lowest BCUT2D eigenvalue weighted by Gasteiger charge is -2.34. The van der Waals surface area contributed by atoms with Gasteiger partial charge in [-0.25, -0.2) is 0 Å². The van der Waals surface area contributed by atoms with E-state index in [4.69, 9.17) is 4.42 Å². The van der Waals surface area contributed by atoms with Crippen LogP contribution in [-0.2, 0) is 6.42 Å². The van der Waals surface area contributed by atoms with Crippen molar-refractivity contribution in [1.82, 2.24) is 9.80 Å². The van der Waals surface area contributed by atoms with Crippen molar-refractivity contribution >= 4 is 23.2 Å². The average Bonchev–Trinajstić information content (AvgIpc) is 3.23. The van der Waals surface area contributed by atoms with Gasteiger partial charge in [-0.1, -0.05) is 6.92 Å². The average molecular weight is 332 g/mol. The minimum atomic E-state index is -0.109. The maximum absolute atomic E-state index is 12.6. The first-order valence-electron chi connectivity index (χ1n) is 7.81. The summed E-state index contributed by atoms with van der Waals surface area (Å²) in [6.45, 7) is 6.35. The molecular weight excluding hydrogens is 312 g/mol. The largest absolute Gasteiger partial charge is 0.459 e. The Morgan fingerprint density at radius 3 is 2.35 bits per heavy atom. The Labute approximate surface area is 139 Å². The minimum Gasteiger partial charge on any atom is -0.459 e. The fraction of sp³-hybridized carbons (Fsp3) is 0.412. The van der Waals surface area contributed by atoms with Crippen molar-refractivity contribution in [2.45, 2.75) is 20.3 Å². The number of amides is 2. The Bertz CT molecular complexity index is 698. The molecule has 0 N–H and O–H groups in total. The molecule has 0 aromatic carbocycles. The molecule has 1 aliphatic heterocycles. The molecular formula is C17H20N2O3S. The van der Waals surface area contributed by atoms with Crippen molar-refractivity contribution in [3.05, 3.63) is 45.5 Å². The van der Waals surface area contributed by atoms with Crippen LogP contribution >= 0.6 is 11.3 Å². The summed E-state index contributed by atoms with van der Waals surface area (Å²) < 4.78 is 5.15. The summed E-state index contributed by atoms with van der Waals surface area (Å²) in [6.07, 6.45) is 2.45. The SMILES string of the molecule is CCc1sc(C(=O)N2CCN(C(=O)c3ccco3)CC2)cc1C. The van der Waals surface area contributed by atoms with E-state index in [2.05, 4.69) is 6.92 Å². The van der Waals surface area contributed by atoms with Gasteiger partial charge in [0.25, 0.3) is 11.8 Å². The van der Waals surface area contributed by atoms with Crippen LogP contribution in [0.3, 0.4) is 0 Å². The van der Waals surface area contributed by atoms with Crippen molar-refractivity contribution in [1.29, 1.82) is 0 Å². The number of thiophene rings is 1. The third-order valence-electron chi connectivity index (χ3n) is 4.14. The van der Waals surface area contributed by atoms with Gasteiger partial charge in [0.2, 0.25) is 0 Å². The van der Waals surface area contributed by atoms with E-state index in [0.717, 1.165) is 11.3 Å². The van der Waals surface area contributed by atoms with Crippen LogP contribution in [0.5, 0.6) is 0 Å². The van der Waals surface area contributed by atoms with E-state index in [-0.39, 0.29) is 11.8 Å². The molecule has 1 saturated heterocycles. The number of nitrogens with zero attached hydrogens (tertiary/aromatic N) is 2. The molecule has 0 unspecified atom stereocenters. The molecule has 5 nitrogen and oxygen atoms in total. The van der Waals surface area contributed by atoms with Crippen molar-refractivity contribution in [3.63, 3.8) is 0 Å². The second kappa shape index (κ2) is 6.58. The molecule has 122 valence electrons. The van der Waals surface area contributed by atoms with Crippen LogP contribution in [0.4, 0.5) is 0 Å². The predicted octanol–water partition coefficient (Wildman–Crippen LogP) is 2.81. The zero-order chi connectivity index (χ0) is 16.4. The lowest BCUT2D eigenvalue weighted by atomic mass is 10.2. The highest BCUT2D eigenvalue weighted by atomic mass is 32.1. The summed E-state index contributed by atoms with van der Waals surface area (Å²) in [5.41, 5.74) is 1.19. The van der Waals surface area contributed by atoms with E-state index < -0.39 is 0 Å². The molecule has 1 aliphatic rings. The monoisotopic (exact) mass is 332 g/mol. The maximum atomic E-state index is 12.6. The summed E-state index contributed by atoms with van der Waals surface area (Å²) >= 11 is 1.58. The Kier molecular flexibility index (Phi) is 4.52. The Hall–Kier alpha value is -2.08. The fourth-order valence-corrected chi connectivity index (χ4v) is 3.88. The summed E-state index contributed by atoms with van der Waals surface area (Å²) in [4.78, 5) is 30.5. The topological polar surface area (TPSA) is 53.8 Å². The molecule has 0 atom stereocenters. The smallest absolute Gasteiger partial charge is 0.289 e. The highest BCUT2D eigenvalue weighted by Crippen LogP contribution is 2.24. The second-order valence-electron chi connectivity index (χ2n) is 5.63. The molecule has 1 fully saturated rings. The Morgan fingerprint density at radius 1 is 1.17 bits per heavy atom. The van der Waals surface area contributed by atoms with Gasteiger partial charge < -0.3 is 14.2 Å². The second-order valence-corrected chi connectivity index (χ2v) is 6.77. The van der Waals surface area contributed by atoms with E-state index in [1.165, 1.54) is 16.7 Å². The summed E-state index contributed by atoms with van der Waals surface area (Å²) in [7, 11) is 0. The summed E-state index contributed by atoms with van der Waals surface area (Å²) in [5, 5.41) is 0. The van der Waals surface area contributed by atoms with Gasteiger partial charge in [-0.05, 0) is 37.1 Å². The molecule has 2 aromatic heterocycles. The van der Waals surface area contributed by atoms with E-state index in [1.54, 1.807) is 28.4 Å². The number of hydrogen-bond acceptors (Lipinski definition) is 4. The first-order chi connectivity index (χ1) is 11.1. The van der Waals surface area contributed by atoms with Gasteiger partial charge in [0.05, 0.1) is 11.1 Å². The standard InChI is InChI=1S/C17H20N2O3S/c1-3-14-12(2)11-15(23-14)17(21)19-8-6-18(7-9-19)16(20)13-5-4-10-22-13/h4-5,10-11H,3,6-9H2,1-2H3. The number of furan rings is 1. The zero-order valence-corrected chi connectivity index (χ0v) is 14.2. The summed E-state index contributed by atoms with van der Waals surface area (Å²) in [5.74, 6) is 0.316. The lowest BCUT2D eigenvalue weighted by Crippen LogP contribution is -2.50. The molecule has 2 amide bonds. The van der Waals surface area contributed by atoms with Crippen LogP contribution in [0.1, 0.15) is 37.6 Å². The van der Waals surface area contributed by atoms with Crippen LogP contribution in [0.2, 0.25) is 0 Å². The minimum absolute atomic E-state index is 0.0721. The number of aryl methyl sites for hydroxylation is 2. The molecule has 23 heavy (non-hydrogen) atoms. The molecule has 6 heteroatoms. The number of hydrogen-bond donors (Lipinski definition) is 0. The van der Waals surface area contributed by atoms with Crippen molar-refractivity contribution in [3.8, 4) is 0 Å². The van der Waals surface area contributed by atoms with Gasteiger partial charge in [0, 0.05) is 31.1 Å². The van der Waals surface area contributed by atoms with Gasteiger partial charge in [-0.3, -0.25) is 9.59 Å². The zero-order valence-electron chi connectivity index (χ0n) is 13.4. The van der Waals surface area contributed by atoms with Crippen LogP contribution in [0, 0.1) is 6.92 Å². The third-order valence-corrected chi connectivity index (χ3v) is 5.51. The fourth-order valence-electron chi connectivity index (χ4n) is 2.80. The van der Waals surface area contributed by atoms with Crippen LogP contribution in [0.25, 0.3) is 0 Å². The number of carbonyl (C=O) groups excluding carboxylic acids is 2. The van der Waals surface area contributed by atoms with Crippen LogP contribution in [0.15, 0.2) is 28.9 Å². The van der Waals surface area contributed by atoms with Crippen molar-refractivity contribution in [2.75, 3.05) is 26.2 Å². The molecule has 3 rings (SSSR count). The van der Waals surface area contributed by atoms with E-state index in [9.17, 15) is 9.59 Å². The van der Waals surface area contributed by atoms with E-state index in [0.29, 0.717) is 31.9 Å². The maximum Gasteiger partial charge on any atom is 0.289 e. The first kappa shape index (κ1) is 15.8. The quantitative estimate of drug-likeness (QED) is 0.868. The van der Waals surface area contributed by atoms with Gasteiger partial charge >= 0.3 is 0 Å². The van der Waals surface area contributed by atoms with Crippen molar-refractivity contribution in [2.24, 2.45) is 0 Å². The van der Waals surface area contributed by atoms with Gasteiger partial charge in [0.15, 0.2) is 5.76 Å². The molecule has 3 heterocycles. The lowest BCUT2D eigenvalue weighted by molar-refractivity contribution is 0.0520. The highest BCUT2D eigenvalue weighted by molar-refractivity contribution is 7.14. The highest BCUT2D eigenvalue weighted by Gasteiger charge is 2.27. The molecule has 2 aromatic rings. The third kappa shape index (κ3) is 3.17. The Balaban J connectivity index is 1.62. The predicted molar refractivity (Wildman–Crippen MR) is 88.9 cm³/mol. The van der Waals surface area contributed by atoms with Gasteiger partial charge in [-0.15, -0.1) is 11.3 Å².